The van der Waals surface area contributed by atoms with E-state index in [0.717, 1.165) is 0 Å². The Labute approximate surface area is 45.8 Å². The monoisotopic (exact) mass is 118 g/mol. The lowest BCUT2D eigenvalue weighted by atomic mass is 11.1. The normalized spacial score (nSPS) is 20.1. The molecule has 1 aliphatic rings. The molecule has 0 amide bonds. The van der Waals surface area contributed by atoms with E-state index >= 15 is 0 Å². The second-order valence-electron chi connectivity index (χ2n) is 0.961. The van der Waals surface area contributed by atoms with Crippen LogP contribution in [0.3, 0.4) is 0 Å². The van der Waals surface area contributed by atoms with E-state index in [1.165, 1.54) is 11.9 Å². The SMILES string of the molecule is NNN1NC=CS1. The molecule has 0 atom stereocenters. The summed E-state index contributed by atoms with van der Waals surface area (Å²) >= 11 is 1.45. The van der Waals surface area contributed by atoms with E-state index in [4.69, 9.17) is 5.84 Å². The number of hydrogen-bond acceptors (Lipinski definition) is 5. The summed E-state index contributed by atoms with van der Waals surface area (Å²) < 4.78 is 1.57. The van der Waals surface area contributed by atoms with Gasteiger partial charge in [0.1, 0.15) is 0 Å². The second kappa shape index (κ2) is 2.17. The van der Waals surface area contributed by atoms with Crippen molar-refractivity contribution in [3.05, 3.63) is 11.6 Å². The van der Waals surface area contributed by atoms with Gasteiger partial charge in [0.05, 0.1) is 0 Å². The molecule has 4 N–H and O–H groups in total. The minimum atomic E-state index is 1.45. The topological polar surface area (TPSA) is 53.3 Å². The van der Waals surface area contributed by atoms with Gasteiger partial charge in [-0.05, 0) is 11.9 Å². The molecule has 1 aliphatic heterocycles. The lowest BCUT2D eigenvalue weighted by Crippen LogP contribution is -2.42. The first-order chi connectivity index (χ1) is 3.43. The van der Waals surface area contributed by atoms with E-state index in [-0.39, 0.29) is 0 Å². The van der Waals surface area contributed by atoms with Crippen LogP contribution in [-0.2, 0) is 0 Å². The van der Waals surface area contributed by atoms with Gasteiger partial charge in [0.2, 0.25) is 0 Å². The van der Waals surface area contributed by atoms with Crippen LogP contribution < -0.4 is 16.8 Å². The summed E-state index contributed by atoms with van der Waals surface area (Å²) in [6.45, 7) is 0. The number of nitrogens with one attached hydrogen (secondary N) is 2. The second-order valence-corrected chi connectivity index (χ2v) is 1.81. The van der Waals surface area contributed by atoms with Crippen LogP contribution in [0.1, 0.15) is 0 Å². The molecule has 0 aromatic heterocycles. The molecule has 0 aliphatic carbocycles. The summed E-state index contributed by atoms with van der Waals surface area (Å²) in [5.74, 6) is 4.99. The Bertz CT molecular complexity index is 73.8. The van der Waals surface area contributed by atoms with E-state index in [0.29, 0.717) is 0 Å². The largest absolute Gasteiger partial charge is 0.301 e. The molecule has 0 bridgehead atoms. The van der Waals surface area contributed by atoms with E-state index < -0.39 is 0 Å². The third kappa shape index (κ3) is 1.07. The minimum Gasteiger partial charge on any atom is -0.301 e. The Morgan fingerprint density at radius 1 is 1.86 bits per heavy atom. The lowest BCUT2D eigenvalue weighted by molar-refractivity contribution is 0.314. The Balaban J connectivity index is 2.22. The smallest absolute Gasteiger partial charge is 0.0228 e. The van der Waals surface area contributed by atoms with Crippen LogP contribution in [0.2, 0.25) is 0 Å². The summed E-state index contributed by atoms with van der Waals surface area (Å²) in [5.41, 5.74) is 5.17. The average Bonchev–Trinajstić information content (AvgIpc) is 2.14. The number of nitrogens with two attached hydrogens (primary N) is 1. The molecular weight excluding hydrogens is 112 g/mol. The van der Waals surface area contributed by atoms with Gasteiger partial charge in [0, 0.05) is 11.6 Å². The summed E-state index contributed by atoms with van der Waals surface area (Å²) in [7, 11) is 0. The number of hydrogen-bond donors (Lipinski definition) is 3. The van der Waals surface area contributed by atoms with Crippen molar-refractivity contribution in [3.63, 3.8) is 0 Å². The van der Waals surface area contributed by atoms with Crippen molar-refractivity contribution in [2.24, 2.45) is 5.84 Å². The van der Waals surface area contributed by atoms with Crippen molar-refractivity contribution in [2.75, 3.05) is 0 Å². The summed E-state index contributed by atoms with van der Waals surface area (Å²) in [6.07, 6.45) is 1.78. The fraction of sp³-hybridized carbons (Fsp3) is 0. The van der Waals surface area contributed by atoms with Gasteiger partial charge in [0.25, 0.3) is 0 Å². The van der Waals surface area contributed by atoms with Crippen LogP contribution in [-0.4, -0.2) is 4.52 Å². The highest BCUT2D eigenvalue weighted by Crippen LogP contribution is 2.07. The summed E-state index contributed by atoms with van der Waals surface area (Å²) in [4.78, 5) is 0. The Morgan fingerprint density at radius 3 is 3.00 bits per heavy atom. The first-order valence-corrected chi connectivity index (χ1v) is 2.61. The molecule has 7 heavy (non-hydrogen) atoms. The van der Waals surface area contributed by atoms with Crippen molar-refractivity contribution in [1.82, 2.24) is 15.5 Å². The van der Waals surface area contributed by atoms with Crippen molar-refractivity contribution in [1.29, 1.82) is 0 Å². The van der Waals surface area contributed by atoms with Crippen molar-refractivity contribution in [2.45, 2.75) is 0 Å². The predicted octanol–water partition coefficient (Wildman–Crippen LogP) is -0.696. The highest BCUT2D eigenvalue weighted by molar-refractivity contribution is 8.00. The first-order valence-electron chi connectivity index (χ1n) is 1.78. The molecule has 4 nitrogen and oxygen atoms in total. The van der Waals surface area contributed by atoms with Crippen LogP contribution in [0.25, 0.3) is 0 Å². The van der Waals surface area contributed by atoms with Crippen molar-refractivity contribution < 1.29 is 0 Å². The average molecular weight is 118 g/mol. The van der Waals surface area contributed by atoms with E-state index in [9.17, 15) is 0 Å². The third-order valence-corrected chi connectivity index (χ3v) is 1.22. The summed E-state index contributed by atoms with van der Waals surface area (Å²) in [6, 6.07) is 0. The number of rotatable bonds is 1. The van der Waals surface area contributed by atoms with Crippen LogP contribution in [0.15, 0.2) is 11.6 Å². The third-order valence-electron chi connectivity index (χ3n) is 0.543. The molecular formula is C2H6N4S. The zero-order valence-corrected chi connectivity index (χ0v) is 4.40. The molecule has 0 fully saturated rings. The molecule has 0 aromatic rings. The molecule has 5 heteroatoms. The molecule has 0 saturated heterocycles. The van der Waals surface area contributed by atoms with E-state index in [2.05, 4.69) is 11.0 Å². The van der Waals surface area contributed by atoms with Gasteiger partial charge >= 0.3 is 0 Å². The Hall–Kier alpha value is -0.230. The maximum atomic E-state index is 4.99. The Kier molecular flexibility index (Phi) is 1.53. The quantitative estimate of drug-likeness (QED) is 0.241. The maximum absolute atomic E-state index is 4.99. The molecule has 0 radical (unpaired) electrons. The van der Waals surface area contributed by atoms with Crippen molar-refractivity contribution in [3.8, 4) is 0 Å². The molecule has 0 spiro atoms. The highest BCUT2D eigenvalue weighted by atomic mass is 32.2. The molecule has 40 valence electrons. The van der Waals surface area contributed by atoms with Crippen LogP contribution in [0, 0.1) is 0 Å². The van der Waals surface area contributed by atoms with Gasteiger partial charge in [-0.15, -0.1) is 0 Å². The van der Waals surface area contributed by atoms with Gasteiger partial charge < -0.3 is 5.43 Å². The number of hydrazine groups is 3. The molecule has 1 heterocycles. The van der Waals surface area contributed by atoms with Gasteiger partial charge in [0.15, 0.2) is 0 Å². The molecule has 0 unspecified atom stereocenters. The molecule has 0 saturated carbocycles. The Morgan fingerprint density at radius 2 is 2.71 bits per heavy atom. The van der Waals surface area contributed by atoms with Gasteiger partial charge in [-0.3, -0.25) is 5.84 Å². The highest BCUT2D eigenvalue weighted by Gasteiger charge is 1.99. The lowest BCUT2D eigenvalue weighted by Gasteiger charge is -2.09. The fourth-order valence-electron chi connectivity index (χ4n) is 0.288. The van der Waals surface area contributed by atoms with Crippen LogP contribution >= 0.6 is 11.9 Å². The van der Waals surface area contributed by atoms with Crippen LogP contribution in [0.5, 0.6) is 0 Å². The van der Waals surface area contributed by atoms with Crippen molar-refractivity contribution >= 4 is 11.9 Å². The van der Waals surface area contributed by atoms with Gasteiger partial charge in [-0.1, -0.05) is 4.52 Å². The standard InChI is InChI=1S/C2H6N4S/c3-5-6-4-1-2-7-6/h1-2,4-5H,3H2. The van der Waals surface area contributed by atoms with E-state index in [1.54, 1.807) is 10.7 Å². The molecule has 0 aromatic carbocycles. The minimum absolute atomic E-state index is 1.45. The molecule has 1 rings (SSSR count). The zero-order valence-electron chi connectivity index (χ0n) is 3.59. The maximum Gasteiger partial charge on any atom is 0.0228 e. The fourth-order valence-corrected chi connectivity index (χ4v) is 0.714. The van der Waals surface area contributed by atoms with Gasteiger partial charge in [-0.25, -0.2) is 0 Å². The van der Waals surface area contributed by atoms with Crippen LogP contribution in [0.4, 0.5) is 0 Å². The predicted molar refractivity (Wildman–Crippen MR) is 29.0 cm³/mol. The number of nitrogens with zero attached hydrogens (tertiary/aromatic N) is 1. The zero-order chi connectivity index (χ0) is 5.11. The first kappa shape index (κ1) is 4.92. The summed E-state index contributed by atoms with van der Waals surface area (Å²) in [5, 5.41) is 1.87. The van der Waals surface area contributed by atoms with E-state index in [1.807, 2.05) is 5.41 Å². The van der Waals surface area contributed by atoms with Gasteiger partial charge in [-0.2, -0.15) is 5.53 Å².